The summed E-state index contributed by atoms with van der Waals surface area (Å²) in [7, 11) is -2.54. The molecule has 5 aliphatic rings. The maximum absolute atomic E-state index is 13.7. The van der Waals surface area contributed by atoms with Crippen LogP contribution in [-0.2, 0) is 36.1 Å². The Kier molecular flexibility index (Phi) is 11.3. The molecule has 2 aliphatic carbocycles. The van der Waals surface area contributed by atoms with Gasteiger partial charge in [-0.3, -0.25) is 9.69 Å². The van der Waals surface area contributed by atoms with Crippen molar-refractivity contribution in [2.75, 3.05) is 71.2 Å². The van der Waals surface area contributed by atoms with E-state index in [0.717, 1.165) is 82.2 Å². The summed E-state index contributed by atoms with van der Waals surface area (Å²) in [5.41, 5.74) is 3.38. The first kappa shape index (κ1) is 36.7. The molecule has 3 aliphatic heterocycles. The number of carbonyl (C=O) groups excluding carboxylic acids is 1. The van der Waals surface area contributed by atoms with Gasteiger partial charge in [-0.05, 0) is 98.2 Å². The number of carbonyl (C=O) groups is 1. The minimum atomic E-state index is -4.07. The molecule has 3 heterocycles. The number of anilines is 1. The molecule has 2 aromatic rings. The lowest BCUT2D eigenvalue weighted by Gasteiger charge is -2.46. The fraction of sp³-hybridized carbons (Fsp3) is 0.615. The Morgan fingerprint density at radius 3 is 2.73 bits per heavy atom. The lowest BCUT2D eigenvalue weighted by Crippen LogP contribution is -2.50. The molecular formula is C39H52ClN3O7S. The highest BCUT2D eigenvalue weighted by molar-refractivity contribution is 7.90. The lowest BCUT2D eigenvalue weighted by molar-refractivity contribution is -0.0315. The van der Waals surface area contributed by atoms with Crippen LogP contribution in [-0.4, -0.2) is 103 Å². The van der Waals surface area contributed by atoms with Gasteiger partial charge in [-0.1, -0.05) is 36.7 Å². The van der Waals surface area contributed by atoms with Gasteiger partial charge in [0.05, 0.1) is 44.3 Å². The molecule has 1 spiro atoms. The number of nitrogens with zero attached hydrogens (tertiary/aromatic N) is 2. The van der Waals surface area contributed by atoms with E-state index in [4.69, 9.17) is 30.5 Å². The van der Waals surface area contributed by atoms with Gasteiger partial charge in [0, 0.05) is 55.8 Å². The first-order valence-electron chi connectivity index (χ1n) is 18.7. The number of hydrogen-bond acceptors (Lipinski definition) is 9. The molecule has 7 rings (SSSR count). The van der Waals surface area contributed by atoms with E-state index < -0.39 is 27.3 Å². The van der Waals surface area contributed by atoms with Crippen LogP contribution in [0.4, 0.5) is 5.69 Å². The van der Waals surface area contributed by atoms with Crippen molar-refractivity contribution in [3.8, 4) is 5.75 Å². The van der Waals surface area contributed by atoms with Crippen LogP contribution >= 0.6 is 11.6 Å². The number of methoxy groups -OCH3 is 1. The molecular weight excluding hydrogens is 690 g/mol. The number of morpholine rings is 1. The number of hydrogen-bond donors (Lipinski definition) is 1. The molecule has 12 heteroatoms. The molecule has 1 amide bonds. The third kappa shape index (κ3) is 7.85. The highest BCUT2D eigenvalue weighted by Gasteiger charge is 2.45. The largest absolute Gasteiger partial charge is 0.490 e. The predicted molar refractivity (Wildman–Crippen MR) is 198 cm³/mol. The number of sulfonamides is 1. The van der Waals surface area contributed by atoms with Crippen LogP contribution in [0.15, 0.2) is 48.6 Å². The van der Waals surface area contributed by atoms with E-state index in [1.807, 2.05) is 31.2 Å². The van der Waals surface area contributed by atoms with E-state index in [0.29, 0.717) is 44.3 Å². The normalized spacial score (nSPS) is 31.7. The molecule has 2 bridgehead atoms. The molecule has 278 valence electrons. The highest BCUT2D eigenvalue weighted by Crippen LogP contribution is 2.47. The zero-order valence-electron chi connectivity index (χ0n) is 29.9. The molecule has 2 fully saturated rings. The number of nitrogens with one attached hydrogen (secondary N) is 1. The fourth-order valence-electron chi connectivity index (χ4n) is 8.95. The summed E-state index contributed by atoms with van der Waals surface area (Å²) in [6.45, 7) is 8.55. The van der Waals surface area contributed by atoms with Crippen LogP contribution in [0.25, 0.3) is 0 Å². The van der Waals surface area contributed by atoms with Gasteiger partial charge in [0.2, 0.25) is 10.0 Å². The summed E-state index contributed by atoms with van der Waals surface area (Å²) in [4.78, 5) is 18.5. The molecule has 0 radical (unpaired) electrons. The Balaban J connectivity index is 1.25. The molecule has 6 atom stereocenters. The van der Waals surface area contributed by atoms with Gasteiger partial charge in [0.15, 0.2) is 0 Å². The Bertz CT molecular complexity index is 1700. The van der Waals surface area contributed by atoms with Gasteiger partial charge in [0.25, 0.3) is 5.91 Å². The van der Waals surface area contributed by atoms with Gasteiger partial charge >= 0.3 is 0 Å². The SMILES string of the molecule is CC[C@H]1[C@@H](OC)C/C=C/[C@H](OCCN2CCOCC2)[C@@H]2CC[C@H]2CN2C[C@@]3(CCCc4cc(Cl)ccc43)COc3ccc(cc32)C(=O)NS1(=O)=O. The van der Waals surface area contributed by atoms with Crippen molar-refractivity contribution in [1.82, 2.24) is 9.62 Å². The maximum Gasteiger partial charge on any atom is 0.264 e. The number of aryl methyl sites for hydroxylation is 1. The van der Waals surface area contributed by atoms with E-state index in [9.17, 15) is 13.2 Å². The van der Waals surface area contributed by atoms with Crippen LogP contribution in [0.2, 0.25) is 5.02 Å². The molecule has 0 aromatic heterocycles. The van der Waals surface area contributed by atoms with Crippen molar-refractivity contribution in [2.45, 2.75) is 74.7 Å². The zero-order chi connectivity index (χ0) is 35.6. The van der Waals surface area contributed by atoms with Crippen molar-refractivity contribution in [1.29, 1.82) is 0 Å². The molecule has 0 unspecified atom stereocenters. The highest BCUT2D eigenvalue weighted by atomic mass is 35.5. The third-order valence-corrected chi connectivity index (χ3v) is 14.1. The number of amides is 1. The summed E-state index contributed by atoms with van der Waals surface area (Å²) in [5.74, 6) is 0.693. The van der Waals surface area contributed by atoms with Gasteiger partial charge in [-0.2, -0.15) is 0 Å². The minimum Gasteiger partial charge on any atom is -0.490 e. The summed E-state index contributed by atoms with van der Waals surface area (Å²) < 4.78 is 54.5. The summed E-state index contributed by atoms with van der Waals surface area (Å²) in [6.07, 6.45) is 9.19. The smallest absolute Gasteiger partial charge is 0.264 e. The monoisotopic (exact) mass is 741 g/mol. The van der Waals surface area contributed by atoms with Crippen LogP contribution in [0.1, 0.15) is 66.9 Å². The van der Waals surface area contributed by atoms with E-state index in [-0.39, 0.29) is 23.0 Å². The molecule has 1 saturated heterocycles. The van der Waals surface area contributed by atoms with Crippen LogP contribution in [0, 0.1) is 11.8 Å². The second-order valence-corrected chi connectivity index (χ2v) is 17.3. The van der Waals surface area contributed by atoms with Crippen molar-refractivity contribution < 1.29 is 32.2 Å². The summed E-state index contributed by atoms with van der Waals surface area (Å²) in [6, 6.07) is 11.6. The van der Waals surface area contributed by atoms with Crippen LogP contribution in [0.3, 0.4) is 0 Å². The summed E-state index contributed by atoms with van der Waals surface area (Å²) in [5, 5.41) is -0.173. The number of rotatable bonds is 6. The Hall–Kier alpha value is -2.67. The lowest BCUT2D eigenvalue weighted by atomic mass is 9.68. The molecule has 51 heavy (non-hydrogen) atoms. The molecule has 1 saturated carbocycles. The van der Waals surface area contributed by atoms with Crippen LogP contribution < -0.4 is 14.4 Å². The van der Waals surface area contributed by atoms with Gasteiger partial charge in [-0.15, -0.1) is 0 Å². The second-order valence-electron chi connectivity index (χ2n) is 14.9. The van der Waals surface area contributed by atoms with Gasteiger partial charge < -0.3 is 23.8 Å². The predicted octanol–water partition coefficient (Wildman–Crippen LogP) is 5.37. The first-order chi connectivity index (χ1) is 24.7. The standard InChI is InChI=1S/C39H52ClN3O7S/c1-3-37-36(47-2)8-4-7-34(49-21-18-42-16-19-48-20-17-42)31-12-9-29(31)24-43-25-39(15-5-6-27-22-30(40)11-13-32(27)39)26-50-35-14-10-28(23-33(35)43)38(44)41-51(37,45)46/h4,7,10-11,13-14,22-23,29,31,34,36-37H,3,5-6,8-9,12,15-21,24-26H2,1-2H3,(H,41,44)/b7-4+/t29-,31+,34-,36-,37-,39-/m0/s1. The van der Waals surface area contributed by atoms with Crippen LogP contribution in [0.5, 0.6) is 5.75 Å². The first-order valence-corrected chi connectivity index (χ1v) is 20.6. The van der Waals surface area contributed by atoms with E-state index in [2.05, 4.69) is 32.7 Å². The van der Waals surface area contributed by atoms with Crippen molar-refractivity contribution in [3.05, 3.63) is 70.3 Å². The molecule has 10 nitrogen and oxygen atoms in total. The number of benzene rings is 2. The van der Waals surface area contributed by atoms with Crippen molar-refractivity contribution >= 4 is 33.2 Å². The zero-order valence-corrected chi connectivity index (χ0v) is 31.4. The van der Waals surface area contributed by atoms with Gasteiger partial charge in [-0.25, -0.2) is 13.1 Å². The average Bonchev–Trinajstić information content (AvgIpc) is 3.26. The Morgan fingerprint density at radius 2 is 1.96 bits per heavy atom. The third-order valence-electron chi connectivity index (χ3n) is 11.9. The minimum absolute atomic E-state index is 0.118. The quantitative estimate of drug-likeness (QED) is 0.392. The Morgan fingerprint density at radius 1 is 1.12 bits per heavy atom. The Labute approximate surface area is 307 Å². The van der Waals surface area contributed by atoms with Gasteiger partial charge in [0.1, 0.15) is 11.0 Å². The topological polar surface area (TPSA) is 107 Å². The number of halogens is 1. The molecule has 2 aromatic carbocycles. The number of ether oxygens (including phenoxy) is 4. The average molecular weight is 742 g/mol. The number of fused-ring (bicyclic) bond motifs is 4. The second kappa shape index (κ2) is 15.7. The van der Waals surface area contributed by atoms with E-state index in [1.54, 1.807) is 6.07 Å². The summed E-state index contributed by atoms with van der Waals surface area (Å²) >= 11 is 6.47. The van der Waals surface area contributed by atoms with E-state index >= 15 is 0 Å². The molecule has 1 N–H and O–H groups in total. The fourth-order valence-corrected chi connectivity index (χ4v) is 10.7. The van der Waals surface area contributed by atoms with E-state index in [1.165, 1.54) is 18.2 Å². The van der Waals surface area contributed by atoms with Crippen molar-refractivity contribution in [2.24, 2.45) is 11.8 Å². The maximum atomic E-state index is 13.7. The van der Waals surface area contributed by atoms with Crippen molar-refractivity contribution in [3.63, 3.8) is 0 Å².